The fourth-order valence-electron chi connectivity index (χ4n) is 1.52. The van der Waals surface area contributed by atoms with Gasteiger partial charge in [0.05, 0.1) is 4.90 Å². The lowest BCUT2D eigenvalue weighted by Gasteiger charge is -2.12. The van der Waals surface area contributed by atoms with Gasteiger partial charge in [0.25, 0.3) is 0 Å². The van der Waals surface area contributed by atoms with Gasteiger partial charge in [0.15, 0.2) is 9.84 Å². The fraction of sp³-hybridized carbons (Fsp3) is 0. The zero-order valence-electron chi connectivity index (χ0n) is 10.1. The molecule has 0 spiro atoms. The van der Waals surface area contributed by atoms with Crippen LogP contribution in [-0.2, 0) is 9.84 Å². The van der Waals surface area contributed by atoms with E-state index in [1.165, 1.54) is 24.3 Å². The molecule has 6 heteroatoms. The molecule has 0 saturated heterocycles. The van der Waals surface area contributed by atoms with E-state index in [0.717, 1.165) is 9.88 Å². The Kier molecular flexibility index (Phi) is 4.52. The van der Waals surface area contributed by atoms with Gasteiger partial charge in [0, 0.05) is 14.9 Å². The summed E-state index contributed by atoms with van der Waals surface area (Å²) in [6.07, 6.45) is 0. The molecule has 0 amide bonds. The average Bonchev–Trinajstić information content (AvgIpc) is 2.39. The van der Waals surface area contributed by atoms with Crippen molar-refractivity contribution in [2.45, 2.75) is 4.90 Å². The molecule has 0 unspecified atom stereocenters. The van der Waals surface area contributed by atoms with Crippen LogP contribution in [-0.4, -0.2) is 8.42 Å². The molecule has 20 heavy (non-hydrogen) atoms. The molecule has 2 rings (SSSR count). The maximum Gasteiger partial charge on any atom is 0.199 e. The fourth-order valence-corrected chi connectivity index (χ4v) is 2.98. The third-order valence-corrected chi connectivity index (χ3v) is 4.77. The molecule has 0 fully saturated rings. The lowest BCUT2D eigenvalue weighted by Crippen LogP contribution is -2.06. The van der Waals surface area contributed by atoms with Gasteiger partial charge >= 0.3 is 0 Å². The molecule has 0 aliphatic carbocycles. The van der Waals surface area contributed by atoms with E-state index in [-0.39, 0.29) is 4.90 Å². The van der Waals surface area contributed by atoms with E-state index >= 15 is 0 Å². The van der Waals surface area contributed by atoms with Crippen molar-refractivity contribution in [2.24, 2.45) is 0 Å². The van der Waals surface area contributed by atoms with Crippen molar-refractivity contribution in [3.8, 4) is 0 Å². The Balaban J connectivity index is 2.37. The van der Waals surface area contributed by atoms with Crippen LogP contribution in [0.25, 0.3) is 5.76 Å². The molecule has 2 aromatic carbocycles. The van der Waals surface area contributed by atoms with Crippen LogP contribution < -0.4 is 5.11 Å². The highest BCUT2D eigenvalue weighted by Gasteiger charge is 2.10. The van der Waals surface area contributed by atoms with Crippen LogP contribution in [0.15, 0.2) is 63.3 Å². The summed E-state index contributed by atoms with van der Waals surface area (Å²) >= 11 is 8.95. The molecule has 0 N–H and O–H groups in total. The van der Waals surface area contributed by atoms with E-state index in [9.17, 15) is 13.5 Å². The maximum atomic E-state index is 12.1. The molecular weight excluding hydrogens is 364 g/mol. The highest BCUT2D eigenvalue weighted by Crippen LogP contribution is 2.20. The number of hydrogen-bond acceptors (Lipinski definition) is 3. The van der Waals surface area contributed by atoms with Crippen molar-refractivity contribution in [3.05, 3.63) is 69.0 Å². The second-order valence-electron chi connectivity index (χ2n) is 3.99. The molecule has 0 bridgehead atoms. The molecule has 2 aromatic rings. The smallest absolute Gasteiger partial charge is 0.199 e. The first-order valence-corrected chi connectivity index (χ1v) is 8.25. The van der Waals surface area contributed by atoms with Crippen LogP contribution >= 0.6 is 27.5 Å². The highest BCUT2D eigenvalue weighted by atomic mass is 79.9. The molecule has 0 aliphatic rings. The summed E-state index contributed by atoms with van der Waals surface area (Å²) < 4.78 is 24.9. The Bertz CT molecular complexity index is 735. The molecule has 0 heterocycles. The van der Waals surface area contributed by atoms with E-state index in [1.807, 2.05) is 0 Å². The van der Waals surface area contributed by atoms with Crippen molar-refractivity contribution in [1.29, 1.82) is 0 Å². The number of hydrogen-bond donors (Lipinski definition) is 0. The number of sulfone groups is 1. The van der Waals surface area contributed by atoms with Gasteiger partial charge in [0.1, 0.15) is 0 Å². The van der Waals surface area contributed by atoms with E-state index in [1.54, 1.807) is 24.3 Å². The second-order valence-corrected chi connectivity index (χ2v) is 7.14. The Morgan fingerprint density at radius 2 is 1.60 bits per heavy atom. The van der Waals surface area contributed by atoms with E-state index < -0.39 is 15.6 Å². The van der Waals surface area contributed by atoms with Gasteiger partial charge in [-0.1, -0.05) is 45.4 Å². The summed E-state index contributed by atoms with van der Waals surface area (Å²) in [4.78, 5) is 0.0346. The SMILES string of the molecule is O=S(=O)(/C=C(\[O-])c1ccc(Br)cc1)c1ccc(Cl)cc1. The van der Waals surface area contributed by atoms with Gasteiger partial charge in [-0.15, -0.1) is 0 Å². The van der Waals surface area contributed by atoms with Crippen molar-refractivity contribution in [2.75, 3.05) is 0 Å². The summed E-state index contributed by atoms with van der Waals surface area (Å²) in [5.41, 5.74) is 0.311. The van der Waals surface area contributed by atoms with Gasteiger partial charge in [-0.25, -0.2) is 8.42 Å². The van der Waals surface area contributed by atoms with E-state index in [0.29, 0.717) is 10.6 Å². The molecule has 0 saturated carbocycles. The zero-order valence-corrected chi connectivity index (χ0v) is 13.2. The van der Waals surface area contributed by atoms with E-state index in [2.05, 4.69) is 15.9 Å². The molecular formula is C14H9BrClO3S-. The van der Waals surface area contributed by atoms with Gasteiger partial charge in [0.2, 0.25) is 0 Å². The number of benzene rings is 2. The van der Waals surface area contributed by atoms with Gasteiger partial charge < -0.3 is 5.11 Å². The second kappa shape index (κ2) is 5.99. The standard InChI is InChI=1S/C14H10BrClO3S/c15-11-3-1-10(2-4-11)14(17)9-20(18,19)13-7-5-12(16)6-8-13/h1-9,17H/p-1/b14-9-. The number of rotatable bonds is 3. The van der Waals surface area contributed by atoms with Crippen molar-refractivity contribution in [1.82, 2.24) is 0 Å². The first-order valence-electron chi connectivity index (χ1n) is 5.54. The van der Waals surface area contributed by atoms with Gasteiger partial charge in [-0.2, -0.15) is 0 Å². The Morgan fingerprint density at radius 1 is 1.05 bits per heavy atom. The lowest BCUT2D eigenvalue weighted by atomic mass is 10.2. The normalized spacial score (nSPS) is 12.4. The van der Waals surface area contributed by atoms with Crippen LogP contribution in [0.2, 0.25) is 5.02 Å². The predicted molar refractivity (Wildman–Crippen MR) is 80.8 cm³/mol. The summed E-state index contributed by atoms with van der Waals surface area (Å²) in [5, 5.41) is 13.1. The predicted octanol–water partition coefficient (Wildman–Crippen LogP) is 3.24. The van der Waals surface area contributed by atoms with Crippen LogP contribution in [0, 0.1) is 0 Å². The molecule has 0 aromatic heterocycles. The van der Waals surface area contributed by atoms with Crippen LogP contribution in [0.3, 0.4) is 0 Å². The van der Waals surface area contributed by atoms with Gasteiger partial charge in [-0.05, 0) is 42.0 Å². The molecule has 0 aliphatic heterocycles. The Labute approximate surface area is 130 Å². The first kappa shape index (κ1) is 15.1. The first-order chi connectivity index (χ1) is 9.38. The molecule has 104 valence electrons. The van der Waals surface area contributed by atoms with Crippen LogP contribution in [0.1, 0.15) is 5.56 Å². The van der Waals surface area contributed by atoms with E-state index in [4.69, 9.17) is 11.6 Å². The minimum Gasteiger partial charge on any atom is -0.872 e. The van der Waals surface area contributed by atoms with Crippen molar-refractivity contribution < 1.29 is 13.5 Å². The molecule has 0 atom stereocenters. The maximum absolute atomic E-state index is 12.1. The minimum atomic E-state index is -3.78. The van der Waals surface area contributed by atoms with Crippen LogP contribution in [0.4, 0.5) is 0 Å². The zero-order chi connectivity index (χ0) is 14.8. The lowest BCUT2D eigenvalue weighted by molar-refractivity contribution is -0.243. The van der Waals surface area contributed by atoms with Crippen LogP contribution in [0.5, 0.6) is 0 Å². The summed E-state index contributed by atoms with van der Waals surface area (Å²) in [5.74, 6) is -0.563. The third-order valence-electron chi connectivity index (χ3n) is 2.53. The highest BCUT2D eigenvalue weighted by molar-refractivity contribution is 9.10. The summed E-state index contributed by atoms with van der Waals surface area (Å²) in [6.45, 7) is 0. The quantitative estimate of drug-likeness (QED) is 0.777. The molecule has 3 nitrogen and oxygen atoms in total. The monoisotopic (exact) mass is 371 g/mol. The number of halogens is 2. The van der Waals surface area contributed by atoms with Gasteiger partial charge in [-0.3, -0.25) is 0 Å². The Hall–Kier alpha value is -1.30. The largest absolute Gasteiger partial charge is 0.872 e. The summed E-state index contributed by atoms with van der Waals surface area (Å²) in [6, 6.07) is 12.1. The summed E-state index contributed by atoms with van der Waals surface area (Å²) in [7, 11) is -3.78. The average molecular weight is 373 g/mol. The minimum absolute atomic E-state index is 0.0346. The topological polar surface area (TPSA) is 57.2 Å². The third kappa shape index (κ3) is 3.62. The van der Waals surface area contributed by atoms with Crippen molar-refractivity contribution in [3.63, 3.8) is 0 Å². The molecule has 0 radical (unpaired) electrons. The van der Waals surface area contributed by atoms with Crippen molar-refractivity contribution >= 4 is 43.1 Å². The Morgan fingerprint density at radius 3 is 2.15 bits per heavy atom.